The SMILES string of the molecule is c1cc(NC2CCCc3occc32)c2[nH]ncc2c1. The van der Waals surface area contributed by atoms with Crippen molar-refractivity contribution in [1.29, 1.82) is 0 Å². The predicted molar refractivity (Wildman–Crippen MR) is 74.1 cm³/mol. The Hall–Kier alpha value is -2.23. The highest BCUT2D eigenvalue weighted by Gasteiger charge is 2.22. The van der Waals surface area contributed by atoms with Gasteiger partial charge in [-0.1, -0.05) is 12.1 Å². The van der Waals surface area contributed by atoms with Crippen molar-refractivity contribution < 1.29 is 4.42 Å². The molecule has 1 atom stereocenters. The van der Waals surface area contributed by atoms with Crippen LogP contribution in [0.5, 0.6) is 0 Å². The number of aromatic nitrogens is 2. The lowest BCUT2D eigenvalue weighted by Gasteiger charge is -2.24. The fourth-order valence-corrected chi connectivity index (χ4v) is 2.91. The van der Waals surface area contributed by atoms with Gasteiger partial charge >= 0.3 is 0 Å². The van der Waals surface area contributed by atoms with Crippen LogP contribution in [0.25, 0.3) is 10.9 Å². The molecule has 2 N–H and O–H groups in total. The summed E-state index contributed by atoms with van der Waals surface area (Å²) >= 11 is 0. The second-order valence-corrected chi connectivity index (χ2v) is 5.03. The van der Waals surface area contributed by atoms with Crippen LogP contribution in [-0.2, 0) is 6.42 Å². The van der Waals surface area contributed by atoms with E-state index in [-0.39, 0.29) is 0 Å². The van der Waals surface area contributed by atoms with Gasteiger partial charge < -0.3 is 9.73 Å². The molecule has 2 aromatic heterocycles. The third kappa shape index (κ3) is 1.71. The van der Waals surface area contributed by atoms with Crippen molar-refractivity contribution in [3.05, 3.63) is 48.0 Å². The van der Waals surface area contributed by atoms with E-state index in [4.69, 9.17) is 4.42 Å². The van der Waals surface area contributed by atoms with E-state index in [1.54, 1.807) is 6.26 Å². The first-order valence-corrected chi connectivity index (χ1v) is 6.67. The van der Waals surface area contributed by atoms with Gasteiger partial charge in [0.2, 0.25) is 0 Å². The topological polar surface area (TPSA) is 53.9 Å². The molecule has 4 nitrogen and oxygen atoms in total. The van der Waals surface area contributed by atoms with Crippen LogP contribution in [-0.4, -0.2) is 10.2 Å². The molecule has 0 fully saturated rings. The average molecular weight is 253 g/mol. The van der Waals surface area contributed by atoms with E-state index in [9.17, 15) is 0 Å². The summed E-state index contributed by atoms with van der Waals surface area (Å²) in [7, 11) is 0. The van der Waals surface area contributed by atoms with Crippen molar-refractivity contribution in [2.45, 2.75) is 25.3 Å². The molecular weight excluding hydrogens is 238 g/mol. The molecule has 0 radical (unpaired) electrons. The molecule has 4 rings (SSSR count). The quantitative estimate of drug-likeness (QED) is 0.733. The number of hydrogen-bond acceptors (Lipinski definition) is 3. The zero-order valence-electron chi connectivity index (χ0n) is 10.5. The van der Waals surface area contributed by atoms with E-state index < -0.39 is 0 Å². The lowest BCUT2D eigenvalue weighted by molar-refractivity contribution is 0.461. The first-order chi connectivity index (χ1) is 9.42. The molecule has 3 aromatic rings. The third-order valence-electron chi connectivity index (χ3n) is 3.86. The molecule has 0 spiro atoms. The molecule has 19 heavy (non-hydrogen) atoms. The Morgan fingerprint density at radius 1 is 1.32 bits per heavy atom. The molecule has 4 heteroatoms. The van der Waals surface area contributed by atoms with E-state index in [0.717, 1.165) is 41.6 Å². The van der Waals surface area contributed by atoms with Crippen LogP contribution in [0.2, 0.25) is 0 Å². The highest BCUT2D eigenvalue weighted by Crippen LogP contribution is 2.34. The largest absolute Gasteiger partial charge is 0.469 e. The maximum atomic E-state index is 5.54. The number of H-pyrrole nitrogens is 1. The minimum atomic E-state index is 0.330. The number of nitrogens with zero attached hydrogens (tertiary/aromatic N) is 1. The van der Waals surface area contributed by atoms with Gasteiger partial charge in [-0.05, 0) is 25.0 Å². The van der Waals surface area contributed by atoms with Gasteiger partial charge in [-0.2, -0.15) is 5.10 Å². The molecule has 1 aliphatic rings. The number of rotatable bonds is 2. The van der Waals surface area contributed by atoms with Gasteiger partial charge in [-0.15, -0.1) is 0 Å². The van der Waals surface area contributed by atoms with E-state index in [1.165, 1.54) is 5.56 Å². The number of para-hydroxylation sites is 1. The number of anilines is 1. The highest BCUT2D eigenvalue weighted by atomic mass is 16.3. The smallest absolute Gasteiger partial charge is 0.109 e. The molecule has 0 aliphatic heterocycles. The number of aryl methyl sites for hydroxylation is 1. The van der Waals surface area contributed by atoms with E-state index in [0.29, 0.717) is 6.04 Å². The monoisotopic (exact) mass is 253 g/mol. The number of nitrogens with one attached hydrogen (secondary N) is 2. The van der Waals surface area contributed by atoms with Gasteiger partial charge in [0, 0.05) is 17.4 Å². The molecule has 0 saturated carbocycles. The van der Waals surface area contributed by atoms with E-state index in [2.05, 4.69) is 39.8 Å². The van der Waals surface area contributed by atoms with Gasteiger partial charge in [-0.3, -0.25) is 5.10 Å². The van der Waals surface area contributed by atoms with Crippen LogP contribution in [0.1, 0.15) is 30.2 Å². The second-order valence-electron chi connectivity index (χ2n) is 5.03. The number of furan rings is 1. The van der Waals surface area contributed by atoms with Crippen LogP contribution in [0.4, 0.5) is 5.69 Å². The Balaban J connectivity index is 1.71. The number of fused-ring (bicyclic) bond motifs is 2. The summed E-state index contributed by atoms with van der Waals surface area (Å²) in [5.41, 5.74) is 3.47. The fourth-order valence-electron chi connectivity index (χ4n) is 2.91. The standard InChI is InChI=1S/C15H15N3O/c1-3-10-9-16-18-15(10)13(5-1)17-12-4-2-6-14-11(12)7-8-19-14/h1,3,5,7-9,12,17H,2,4,6H2,(H,16,18). The van der Waals surface area contributed by atoms with Crippen LogP contribution in [0.15, 0.2) is 41.1 Å². The Bertz CT molecular complexity index is 713. The molecule has 1 unspecified atom stereocenters. The maximum Gasteiger partial charge on any atom is 0.109 e. The van der Waals surface area contributed by atoms with Crippen molar-refractivity contribution in [2.75, 3.05) is 5.32 Å². The van der Waals surface area contributed by atoms with Crippen LogP contribution < -0.4 is 5.32 Å². The summed E-state index contributed by atoms with van der Waals surface area (Å²) in [5, 5.41) is 11.9. The van der Waals surface area contributed by atoms with Gasteiger partial charge in [0.05, 0.1) is 29.7 Å². The lowest BCUT2D eigenvalue weighted by atomic mass is 9.93. The number of hydrogen-bond donors (Lipinski definition) is 2. The molecular formula is C15H15N3O. The van der Waals surface area contributed by atoms with Crippen LogP contribution in [0, 0.1) is 0 Å². The number of aromatic amines is 1. The van der Waals surface area contributed by atoms with E-state index in [1.807, 2.05) is 6.20 Å². The molecule has 0 saturated heterocycles. The van der Waals surface area contributed by atoms with Gasteiger partial charge in [0.1, 0.15) is 5.76 Å². The second kappa shape index (κ2) is 4.16. The predicted octanol–water partition coefficient (Wildman–Crippen LogP) is 3.65. The number of benzene rings is 1. The summed E-state index contributed by atoms with van der Waals surface area (Å²) in [4.78, 5) is 0. The molecule has 0 bridgehead atoms. The zero-order valence-corrected chi connectivity index (χ0v) is 10.5. The van der Waals surface area contributed by atoms with Crippen molar-refractivity contribution >= 4 is 16.6 Å². The minimum absolute atomic E-state index is 0.330. The normalized spacial score (nSPS) is 18.4. The molecule has 96 valence electrons. The van der Waals surface area contributed by atoms with Crippen molar-refractivity contribution in [3.63, 3.8) is 0 Å². The highest BCUT2D eigenvalue weighted by molar-refractivity contribution is 5.90. The molecule has 1 aromatic carbocycles. The zero-order chi connectivity index (χ0) is 12.7. The third-order valence-corrected chi connectivity index (χ3v) is 3.86. The maximum absolute atomic E-state index is 5.54. The lowest BCUT2D eigenvalue weighted by Crippen LogP contribution is -2.16. The van der Waals surface area contributed by atoms with Crippen LogP contribution in [0.3, 0.4) is 0 Å². The Kier molecular flexibility index (Phi) is 2.33. The molecule has 0 amide bonds. The molecule has 1 aliphatic carbocycles. The molecule has 2 heterocycles. The minimum Gasteiger partial charge on any atom is -0.469 e. The Labute approximate surface area is 110 Å². The van der Waals surface area contributed by atoms with Crippen molar-refractivity contribution in [1.82, 2.24) is 10.2 Å². The summed E-state index contributed by atoms with van der Waals surface area (Å²) < 4.78 is 5.54. The van der Waals surface area contributed by atoms with Crippen molar-refractivity contribution in [3.8, 4) is 0 Å². The summed E-state index contributed by atoms with van der Waals surface area (Å²) in [6.07, 6.45) is 7.00. The van der Waals surface area contributed by atoms with E-state index >= 15 is 0 Å². The van der Waals surface area contributed by atoms with Gasteiger partial charge in [-0.25, -0.2) is 0 Å². The summed E-state index contributed by atoms with van der Waals surface area (Å²) in [5.74, 6) is 1.13. The fraction of sp³-hybridized carbons (Fsp3) is 0.267. The Morgan fingerprint density at radius 2 is 2.32 bits per heavy atom. The average Bonchev–Trinajstić information content (AvgIpc) is 3.08. The van der Waals surface area contributed by atoms with Crippen molar-refractivity contribution in [2.24, 2.45) is 0 Å². The van der Waals surface area contributed by atoms with Crippen LogP contribution >= 0.6 is 0 Å². The first-order valence-electron chi connectivity index (χ1n) is 6.67. The summed E-state index contributed by atoms with van der Waals surface area (Å²) in [6.45, 7) is 0. The van der Waals surface area contributed by atoms with Gasteiger partial charge in [0.25, 0.3) is 0 Å². The summed E-state index contributed by atoms with van der Waals surface area (Å²) in [6, 6.07) is 8.62. The first kappa shape index (κ1) is 10.7. The Morgan fingerprint density at radius 3 is 3.32 bits per heavy atom. The van der Waals surface area contributed by atoms with Gasteiger partial charge in [0.15, 0.2) is 0 Å².